The number of hydrogen-bond acceptors (Lipinski definition) is 4. The summed E-state index contributed by atoms with van der Waals surface area (Å²) in [6.45, 7) is 5.59. The molecule has 0 heterocycles. The predicted molar refractivity (Wildman–Crippen MR) is 50.2 cm³/mol. The van der Waals surface area contributed by atoms with E-state index >= 15 is 0 Å². The number of carbonyl (C=O) groups is 1. The van der Waals surface area contributed by atoms with Crippen molar-refractivity contribution in [1.82, 2.24) is 5.01 Å². The van der Waals surface area contributed by atoms with Crippen LogP contribution in [0.15, 0.2) is 0 Å². The van der Waals surface area contributed by atoms with Crippen molar-refractivity contribution in [3.63, 3.8) is 0 Å². The Bertz CT molecular complexity index is 208. The Morgan fingerprint density at radius 2 is 2.14 bits per heavy atom. The van der Waals surface area contributed by atoms with Crippen LogP contribution in [0, 0.1) is 16.0 Å². The zero-order valence-corrected chi connectivity index (χ0v) is 8.73. The third kappa shape index (κ3) is 4.06. The summed E-state index contributed by atoms with van der Waals surface area (Å²) in [5.41, 5.74) is 0. The summed E-state index contributed by atoms with van der Waals surface area (Å²) < 4.78 is 4.56. The van der Waals surface area contributed by atoms with E-state index in [4.69, 9.17) is 0 Å². The Balaban J connectivity index is 4.29. The molecule has 0 saturated carbocycles. The van der Waals surface area contributed by atoms with Crippen molar-refractivity contribution in [3.05, 3.63) is 10.1 Å². The zero-order valence-electron chi connectivity index (χ0n) is 8.73. The first-order valence-corrected chi connectivity index (χ1v) is 4.61. The summed E-state index contributed by atoms with van der Waals surface area (Å²) in [7, 11) is 0. The molecule has 0 radical (unpaired) electrons. The van der Waals surface area contributed by atoms with Crippen LogP contribution >= 0.6 is 0 Å². The van der Waals surface area contributed by atoms with E-state index < -0.39 is 11.1 Å². The molecule has 0 aromatic rings. The van der Waals surface area contributed by atoms with E-state index in [1.807, 2.05) is 13.8 Å². The third-order valence-electron chi connectivity index (χ3n) is 1.86. The highest BCUT2D eigenvalue weighted by molar-refractivity contribution is 5.65. The molecule has 0 aliphatic carbocycles. The number of ether oxygens (including phenoxy) is 1. The Labute approximate surface area is 83.0 Å². The standard InChI is InChI=1S/C8H16N2O4/c1-4-7(3)6-9(10(12)13)8(11)14-5-2/h7H,4-6H2,1-3H3. The van der Waals surface area contributed by atoms with Gasteiger partial charge in [-0.05, 0) is 17.9 Å². The molecule has 0 saturated heterocycles. The fourth-order valence-corrected chi connectivity index (χ4v) is 0.830. The molecule has 0 spiro atoms. The van der Waals surface area contributed by atoms with E-state index in [1.54, 1.807) is 6.92 Å². The van der Waals surface area contributed by atoms with Crippen molar-refractivity contribution in [2.75, 3.05) is 13.2 Å². The third-order valence-corrected chi connectivity index (χ3v) is 1.86. The summed E-state index contributed by atoms with van der Waals surface area (Å²) >= 11 is 0. The number of nitrogens with zero attached hydrogens (tertiary/aromatic N) is 2. The van der Waals surface area contributed by atoms with Crippen LogP contribution in [0.3, 0.4) is 0 Å². The Hall–Kier alpha value is -1.33. The highest BCUT2D eigenvalue weighted by atomic mass is 16.7. The van der Waals surface area contributed by atoms with Gasteiger partial charge in [0.1, 0.15) is 0 Å². The molecule has 14 heavy (non-hydrogen) atoms. The van der Waals surface area contributed by atoms with Crippen molar-refractivity contribution in [3.8, 4) is 0 Å². The molecule has 0 aromatic carbocycles. The molecule has 1 atom stereocenters. The fraction of sp³-hybridized carbons (Fsp3) is 0.875. The van der Waals surface area contributed by atoms with Crippen molar-refractivity contribution >= 4 is 6.09 Å². The summed E-state index contributed by atoms with van der Waals surface area (Å²) in [5.74, 6) is 0.0878. The lowest BCUT2D eigenvalue weighted by atomic mass is 10.1. The van der Waals surface area contributed by atoms with Crippen molar-refractivity contribution in [2.45, 2.75) is 27.2 Å². The fourth-order valence-electron chi connectivity index (χ4n) is 0.830. The number of hydrazine groups is 1. The Morgan fingerprint density at radius 3 is 2.50 bits per heavy atom. The SMILES string of the molecule is CCOC(=O)N(CC(C)CC)[N+](=O)[O-]. The maximum atomic E-state index is 11.1. The lowest BCUT2D eigenvalue weighted by Crippen LogP contribution is -2.39. The number of hydrogen-bond donors (Lipinski definition) is 0. The minimum atomic E-state index is -0.891. The lowest BCUT2D eigenvalue weighted by Gasteiger charge is -2.14. The average molecular weight is 204 g/mol. The van der Waals surface area contributed by atoms with Gasteiger partial charge in [0.05, 0.1) is 13.2 Å². The van der Waals surface area contributed by atoms with Crippen LogP contribution in [-0.4, -0.2) is 29.3 Å². The van der Waals surface area contributed by atoms with Gasteiger partial charge in [0.15, 0.2) is 5.03 Å². The molecule has 0 N–H and O–H groups in total. The van der Waals surface area contributed by atoms with E-state index in [0.717, 1.165) is 6.42 Å². The molecule has 1 unspecified atom stereocenters. The van der Waals surface area contributed by atoms with E-state index in [0.29, 0.717) is 5.01 Å². The van der Waals surface area contributed by atoms with Crippen LogP contribution in [0.25, 0.3) is 0 Å². The molecule has 82 valence electrons. The molecule has 0 bridgehead atoms. The van der Waals surface area contributed by atoms with Gasteiger partial charge in [0, 0.05) is 0 Å². The average Bonchev–Trinajstić information content (AvgIpc) is 2.13. The molecule has 0 aliphatic heterocycles. The van der Waals surface area contributed by atoms with Crippen molar-refractivity contribution in [1.29, 1.82) is 0 Å². The van der Waals surface area contributed by atoms with E-state index in [9.17, 15) is 14.9 Å². The first-order valence-electron chi connectivity index (χ1n) is 4.61. The minimum Gasteiger partial charge on any atom is -0.446 e. The van der Waals surface area contributed by atoms with Crippen LogP contribution in [0.4, 0.5) is 4.79 Å². The quantitative estimate of drug-likeness (QED) is 0.504. The van der Waals surface area contributed by atoms with Gasteiger partial charge in [0.2, 0.25) is 0 Å². The zero-order chi connectivity index (χ0) is 11.1. The van der Waals surface area contributed by atoms with Crippen LogP contribution in [0.5, 0.6) is 0 Å². The second-order valence-corrected chi connectivity index (χ2v) is 3.03. The van der Waals surface area contributed by atoms with Gasteiger partial charge in [0.25, 0.3) is 0 Å². The predicted octanol–water partition coefficient (Wildman–Crippen LogP) is 1.68. The molecule has 1 amide bonds. The molecule has 0 fully saturated rings. The van der Waals surface area contributed by atoms with Gasteiger partial charge in [-0.25, -0.2) is 14.9 Å². The van der Waals surface area contributed by atoms with E-state index in [-0.39, 0.29) is 19.1 Å². The molecule has 6 nitrogen and oxygen atoms in total. The number of rotatable bonds is 5. The highest BCUT2D eigenvalue weighted by Gasteiger charge is 2.26. The van der Waals surface area contributed by atoms with Crippen LogP contribution in [0.2, 0.25) is 0 Å². The van der Waals surface area contributed by atoms with Crippen LogP contribution in [-0.2, 0) is 4.74 Å². The van der Waals surface area contributed by atoms with Crippen LogP contribution in [0.1, 0.15) is 27.2 Å². The number of carbonyl (C=O) groups excluding carboxylic acids is 1. The molecule has 0 rings (SSSR count). The molecule has 0 aromatic heterocycles. The van der Waals surface area contributed by atoms with Gasteiger partial charge in [-0.2, -0.15) is 0 Å². The summed E-state index contributed by atoms with van der Waals surface area (Å²) in [6.07, 6.45) is -0.109. The van der Waals surface area contributed by atoms with E-state index in [2.05, 4.69) is 4.74 Å². The number of nitro groups is 1. The Kier molecular flexibility index (Phi) is 5.59. The van der Waals surface area contributed by atoms with Crippen molar-refractivity contribution in [2.24, 2.45) is 5.92 Å². The summed E-state index contributed by atoms with van der Waals surface area (Å²) in [4.78, 5) is 21.6. The normalized spacial score (nSPS) is 11.9. The maximum absolute atomic E-state index is 11.1. The lowest BCUT2D eigenvalue weighted by molar-refractivity contribution is -0.636. The minimum absolute atomic E-state index is 0.0856. The number of amides is 1. The maximum Gasteiger partial charge on any atom is 0.468 e. The molecule has 6 heteroatoms. The van der Waals surface area contributed by atoms with Gasteiger partial charge in [-0.1, -0.05) is 20.3 Å². The monoisotopic (exact) mass is 204 g/mol. The van der Waals surface area contributed by atoms with E-state index in [1.165, 1.54) is 0 Å². The molecular weight excluding hydrogens is 188 g/mol. The highest BCUT2D eigenvalue weighted by Crippen LogP contribution is 2.05. The first kappa shape index (κ1) is 12.7. The summed E-state index contributed by atoms with van der Waals surface area (Å²) in [6, 6.07) is 0. The molecule has 0 aliphatic rings. The molecular formula is C8H16N2O4. The second kappa shape index (κ2) is 6.17. The topological polar surface area (TPSA) is 72.7 Å². The van der Waals surface area contributed by atoms with Gasteiger partial charge >= 0.3 is 6.09 Å². The smallest absolute Gasteiger partial charge is 0.446 e. The van der Waals surface area contributed by atoms with Crippen LogP contribution < -0.4 is 0 Å². The largest absolute Gasteiger partial charge is 0.468 e. The van der Waals surface area contributed by atoms with Gasteiger partial charge in [-0.3, -0.25) is 0 Å². The second-order valence-electron chi connectivity index (χ2n) is 3.03. The Morgan fingerprint density at radius 1 is 1.57 bits per heavy atom. The first-order chi connectivity index (χ1) is 6.52. The van der Waals surface area contributed by atoms with Crippen molar-refractivity contribution < 1.29 is 14.6 Å². The summed E-state index contributed by atoms with van der Waals surface area (Å²) in [5, 5.41) is 10.3. The van der Waals surface area contributed by atoms with Gasteiger partial charge in [-0.15, -0.1) is 0 Å². The van der Waals surface area contributed by atoms with Gasteiger partial charge < -0.3 is 4.74 Å².